The number of carbonyl (C=O) groups excluding carboxylic acids is 1. The second kappa shape index (κ2) is 7.43. The van der Waals surface area contributed by atoms with E-state index in [1.54, 1.807) is 0 Å². The maximum absolute atomic E-state index is 11.9. The molecular formula is C17H15N3O5. The molecular weight excluding hydrogens is 326 g/mol. The van der Waals surface area contributed by atoms with E-state index in [1.165, 1.54) is 24.3 Å². The number of benzene rings is 2. The van der Waals surface area contributed by atoms with E-state index >= 15 is 0 Å². The lowest BCUT2D eigenvalue weighted by Gasteiger charge is -2.18. The van der Waals surface area contributed by atoms with Crippen LogP contribution in [0.2, 0.25) is 0 Å². The number of nitrogens with zero attached hydrogens (tertiary/aromatic N) is 2. The number of hydrazone groups is 1. The molecule has 0 spiro atoms. The van der Waals surface area contributed by atoms with Crippen molar-refractivity contribution < 1.29 is 19.2 Å². The third kappa shape index (κ3) is 4.11. The van der Waals surface area contributed by atoms with Crippen LogP contribution in [0.1, 0.15) is 12.0 Å². The molecule has 0 radical (unpaired) electrons. The van der Waals surface area contributed by atoms with E-state index in [0.29, 0.717) is 18.8 Å². The lowest BCUT2D eigenvalue weighted by Crippen LogP contribution is -2.27. The van der Waals surface area contributed by atoms with Gasteiger partial charge in [0, 0.05) is 24.1 Å². The van der Waals surface area contributed by atoms with Crippen LogP contribution in [0.5, 0.6) is 11.5 Å². The molecule has 2 aromatic carbocycles. The minimum Gasteiger partial charge on any atom is -0.492 e. The van der Waals surface area contributed by atoms with Crippen molar-refractivity contribution in [1.82, 2.24) is 5.43 Å². The highest BCUT2D eigenvalue weighted by Crippen LogP contribution is 2.24. The molecule has 0 fully saturated rings. The van der Waals surface area contributed by atoms with Gasteiger partial charge in [-0.15, -0.1) is 0 Å². The largest absolute Gasteiger partial charge is 0.492 e. The molecule has 0 saturated carbocycles. The smallest absolute Gasteiger partial charge is 0.277 e. The number of ether oxygens (including phenoxy) is 2. The summed E-state index contributed by atoms with van der Waals surface area (Å²) in [7, 11) is 0. The summed E-state index contributed by atoms with van der Waals surface area (Å²) in [4.78, 5) is 21.9. The highest BCUT2D eigenvalue weighted by atomic mass is 16.6. The van der Waals surface area contributed by atoms with Crippen molar-refractivity contribution in [2.75, 3.05) is 13.2 Å². The van der Waals surface area contributed by atoms with Gasteiger partial charge in [-0.25, -0.2) is 5.43 Å². The fourth-order valence-corrected chi connectivity index (χ4v) is 2.31. The number of non-ortho nitro benzene ring substituents is 1. The molecule has 2 aromatic rings. The lowest BCUT2D eigenvalue weighted by molar-refractivity contribution is -0.384. The molecule has 0 atom stereocenters. The average Bonchev–Trinajstić information content (AvgIpc) is 2.65. The van der Waals surface area contributed by atoms with Crippen LogP contribution in [-0.4, -0.2) is 29.8 Å². The SMILES string of the molecule is O=C(COc1ccc([N+](=O)[O-])cc1)NN=C1CCOc2ccccc21. The maximum Gasteiger partial charge on any atom is 0.277 e. The second-order valence-corrected chi connectivity index (χ2v) is 5.23. The number of para-hydroxylation sites is 1. The number of nitro groups is 1. The first-order valence-electron chi connectivity index (χ1n) is 7.58. The molecule has 25 heavy (non-hydrogen) atoms. The highest BCUT2D eigenvalue weighted by molar-refractivity contribution is 6.04. The van der Waals surface area contributed by atoms with Gasteiger partial charge in [-0.2, -0.15) is 5.10 Å². The molecule has 0 bridgehead atoms. The number of amides is 1. The van der Waals surface area contributed by atoms with Gasteiger partial charge in [-0.05, 0) is 24.3 Å². The zero-order valence-electron chi connectivity index (χ0n) is 13.2. The number of hydrogen-bond acceptors (Lipinski definition) is 6. The molecule has 1 aliphatic rings. The van der Waals surface area contributed by atoms with Crippen LogP contribution in [0.25, 0.3) is 0 Å². The van der Waals surface area contributed by atoms with Crippen LogP contribution in [0.3, 0.4) is 0 Å². The average molecular weight is 341 g/mol. The highest BCUT2D eigenvalue weighted by Gasteiger charge is 2.16. The summed E-state index contributed by atoms with van der Waals surface area (Å²) < 4.78 is 10.8. The minimum atomic E-state index is -0.502. The van der Waals surface area contributed by atoms with Gasteiger partial charge < -0.3 is 9.47 Å². The third-order valence-corrected chi connectivity index (χ3v) is 3.53. The van der Waals surface area contributed by atoms with Crippen molar-refractivity contribution in [2.24, 2.45) is 5.10 Å². The fourth-order valence-electron chi connectivity index (χ4n) is 2.31. The number of fused-ring (bicyclic) bond motifs is 1. The predicted octanol–water partition coefficient (Wildman–Crippen LogP) is 2.28. The van der Waals surface area contributed by atoms with Gasteiger partial charge in [0.25, 0.3) is 11.6 Å². The summed E-state index contributed by atoms with van der Waals surface area (Å²) in [5.74, 6) is 0.684. The zero-order valence-corrected chi connectivity index (χ0v) is 13.2. The van der Waals surface area contributed by atoms with Crippen LogP contribution >= 0.6 is 0 Å². The van der Waals surface area contributed by atoms with Crippen molar-refractivity contribution in [3.05, 3.63) is 64.2 Å². The summed E-state index contributed by atoms with van der Waals surface area (Å²) in [6.07, 6.45) is 0.598. The number of nitro benzene ring substituents is 1. The normalized spacial score (nSPS) is 14.3. The quantitative estimate of drug-likeness (QED) is 0.664. The fraction of sp³-hybridized carbons (Fsp3) is 0.176. The van der Waals surface area contributed by atoms with Gasteiger partial charge in [0.05, 0.1) is 17.2 Å². The van der Waals surface area contributed by atoms with Crippen molar-refractivity contribution in [3.8, 4) is 11.5 Å². The van der Waals surface area contributed by atoms with E-state index in [-0.39, 0.29) is 12.3 Å². The van der Waals surface area contributed by atoms with Gasteiger partial charge >= 0.3 is 0 Å². The number of hydrogen-bond donors (Lipinski definition) is 1. The molecule has 1 amide bonds. The Morgan fingerprint density at radius 1 is 1.24 bits per heavy atom. The van der Waals surface area contributed by atoms with Crippen LogP contribution < -0.4 is 14.9 Å². The molecule has 1 N–H and O–H groups in total. The monoisotopic (exact) mass is 341 g/mol. The Balaban J connectivity index is 1.56. The van der Waals surface area contributed by atoms with Crippen molar-refractivity contribution in [1.29, 1.82) is 0 Å². The topological polar surface area (TPSA) is 103 Å². The molecule has 1 aliphatic heterocycles. The number of rotatable bonds is 5. The van der Waals surface area contributed by atoms with E-state index < -0.39 is 10.8 Å². The van der Waals surface area contributed by atoms with Gasteiger partial charge in [-0.1, -0.05) is 12.1 Å². The first-order chi connectivity index (χ1) is 12.1. The summed E-state index contributed by atoms with van der Waals surface area (Å²) >= 11 is 0. The van der Waals surface area contributed by atoms with Crippen LogP contribution in [-0.2, 0) is 4.79 Å². The Morgan fingerprint density at radius 2 is 2.00 bits per heavy atom. The molecule has 3 rings (SSSR count). The molecule has 0 aromatic heterocycles. The standard InChI is InChI=1S/C17H15N3O5/c21-17(11-25-13-7-5-12(6-8-13)20(22)23)19-18-15-9-10-24-16-4-2-1-3-14(15)16/h1-8H,9-11H2,(H,19,21). The Labute approximate surface area is 143 Å². The molecule has 8 nitrogen and oxygen atoms in total. The second-order valence-electron chi connectivity index (χ2n) is 5.23. The minimum absolute atomic E-state index is 0.0404. The Hall–Kier alpha value is -3.42. The lowest BCUT2D eigenvalue weighted by atomic mass is 10.0. The van der Waals surface area contributed by atoms with E-state index in [0.717, 1.165) is 17.0 Å². The first kappa shape index (κ1) is 16.4. The van der Waals surface area contributed by atoms with Gasteiger partial charge in [0.15, 0.2) is 6.61 Å². The van der Waals surface area contributed by atoms with E-state index in [1.807, 2.05) is 24.3 Å². The molecule has 0 unspecified atom stereocenters. The zero-order chi connectivity index (χ0) is 17.6. The maximum atomic E-state index is 11.9. The van der Waals surface area contributed by atoms with Gasteiger partial charge in [0.1, 0.15) is 11.5 Å². The van der Waals surface area contributed by atoms with Crippen LogP contribution in [0.15, 0.2) is 53.6 Å². The molecule has 128 valence electrons. The summed E-state index contributed by atoms with van der Waals surface area (Å²) in [5, 5.41) is 14.7. The Bertz CT molecular complexity index is 817. The van der Waals surface area contributed by atoms with Crippen molar-refractivity contribution in [2.45, 2.75) is 6.42 Å². The first-order valence-corrected chi connectivity index (χ1v) is 7.58. The van der Waals surface area contributed by atoms with Gasteiger partial charge in [0.2, 0.25) is 0 Å². The van der Waals surface area contributed by atoms with Crippen LogP contribution in [0.4, 0.5) is 5.69 Å². The summed E-state index contributed by atoms with van der Waals surface area (Å²) in [6, 6.07) is 13.0. The molecule has 0 aliphatic carbocycles. The van der Waals surface area contributed by atoms with E-state index in [9.17, 15) is 14.9 Å². The van der Waals surface area contributed by atoms with Gasteiger partial charge in [-0.3, -0.25) is 14.9 Å². The molecule has 8 heteroatoms. The predicted molar refractivity (Wildman–Crippen MR) is 89.8 cm³/mol. The third-order valence-electron chi connectivity index (χ3n) is 3.53. The van der Waals surface area contributed by atoms with E-state index in [4.69, 9.17) is 9.47 Å². The summed E-state index contributed by atoms with van der Waals surface area (Å²) in [6.45, 7) is 0.262. The van der Waals surface area contributed by atoms with Crippen molar-refractivity contribution in [3.63, 3.8) is 0 Å². The molecule has 1 heterocycles. The Kier molecular flexibility index (Phi) is 4.89. The van der Waals surface area contributed by atoms with E-state index in [2.05, 4.69) is 10.5 Å². The number of nitrogens with one attached hydrogen (secondary N) is 1. The van der Waals surface area contributed by atoms with Crippen LogP contribution in [0, 0.1) is 10.1 Å². The number of carbonyl (C=O) groups is 1. The Morgan fingerprint density at radius 3 is 2.76 bits per heavy atom. The molecule has 0 saturated heterocycles. The summed E-state index contributed by atoms with van der Waals surface area (Å²) in [5.41, 5.74) is 4.01. The van der Waals surface area contributed by atoms with Crippen molar-refractivity contribution >= 4 is 17.3 Å².